The zero-order valence-corrected chi connectivity index (χ0v) is 11.2. The van der Waals surface area contributed by atoms with Crippen LogP contribution in [0.15, 0.2) is 48.5 Å². The lowest BCUT2D eigenvalue weighted by Crippen LogP contribution is -2.24. The molecule has 2 aromatic rings. The molecule has 104 valence electrons. The molecule has 5 nitrogen and oxygen atoms in total. The smallest absolute Gasteiger partial charge is 0.343 e. The Kier molecular flexibility index (Phi) is 3.02. The molecule has 2 amide bonds. The Labute approximate surface area is 120 Å². The molecule has 2 aromatic carbocycles. The molecular formula is C16H11NO4. The molecule has 21 heavy (non-hydrogen) atoms. The van der Waals surface area contributed by atoms with Crippen molar-refractivity contribution in [2.75, 3.05) is 7.05 Å². The Morgan fingerprint density at radius 3 is 2.33 bits per heavy atom. The summed E-state index contributed by atoms with van der Waals surface area (Å²) in [7, 11) is 1.41. The number of nitrogens with zero attached hydrogens (tertiary/aromatic N) is 1. The summed E-state index contributed by atoms with van der Waals surface area (Å²) in [6, 6.07) is 13.0. The lowest BCUT2D eigenvalue weighted by molar-refractivity contribution is 0.0691. The molecule has 0 unspecified atom stereocenters. The van der Waals surface area contributed by atoms with Crippen LogP contribution in [0, 0.1) is 0 Å². The van der Waals surface area contributed by atoms with Gasteiger partial charge in [-0.25, -0.2) is 4.79 Å². The van der Waals surface area contributed by atoms with E-state index in [2.05, 4.69) is 0 Å². The molecular weight excluding hydrogens is 270 g/mol. The minimum atomic E-state index is -0.571. The lowest BCUT2D eigenvalue weighted by Gasteiger charge is -2.04. The summed E-state index contributed by atoms with van der Waals surface area (Å²) in [5.41, 5.74) is 0.762. The molecule has 0 N–H and O–H groups in total. The van der Waals surface area contributed by atoms with Gasteiger partial charge in [-0.15, -0.1) is 0 Å². The first-order valence-corrected chi connectivity index (χ1v) is 6.31. The summed E-state index contributed by atoms with van der Waals surface area (Å²) < 4.78 is 5.20. The second-order valence-corrected chi connectivity index (χ2v) is 4.63. The highest BCUT2D eigenvalue weighted by atomic mass is 16.5. The number of carbonyl (C=O) groups excluding carboxylic acids is 3. The Bertz CT molecular complexity index is 752. The van der Waals surface area contributed by atoms with E-state index in [1.54, 1.807) is 24.3 Å². The van der Waals surface area contributed by atoms with Gasteiger partial charge in [-0.3, -0.25) is 14.5 Å². The van der Waals surface area contributed by atoms with Gasteiger partial charge in [0, 0.05) is 7.05 Å². The Morgan fingerprint density at radius 2 is 1.62 bits per heavy atom. The maximum Gasteiger partial charge on any atom is 0.343 e. The molecule has 0 bridgehead atoms. The molecule has 0 spiro atoms. The van der Waals surface area contributed by atoms with E-state index in [-0.39, 0.29) is 17.0 Å². The van der Waals surface area contributed by atoms with Crippen LogP contribution in [0.25, 0.3) is 0 Å². The van der Waals surface area contributed by atoms with E-state index in [4.69, 9.17) is 4.74 Å². The van der Waals surface area contributed by atoms with Crippen molar-refractivity contribution >= 4 is 17.8 Å². The van der Waals surface area contributed by atoms with Crippen LogP contribution >= 0.6 is 0 Å². The highest BCUT2D eigenvalue weighted by Gasteiger charge is 2.33. The van der Waals surface area contributed by atoms with Gasteiger partial charge in [0.2, 0.25) is 0 Å². The van der Waals surface area contributed by atoms with E-state index in [1.165, 1.54) is 25.2 Å². The summed E-state index contributed by atoms with van der Waals surface area (Å²) in [5.74, 6) is -0.927. The maximum absolute atomic E-state index is 12.1. The van der Waals surface area contributed by atoms with E-state index in [0.717, 1.165) is 4.90 Å². The summed E-state index contributed by atoms with van der Waals surface area (Å²) in [4.78, 5) is 36.7. The monoisotopic (exact) mass is 281 g/mol. The second kappa shape index (κ2) is 4.86. The number of rotatable bonds is 2. The minimum absolute atomic E-state index is 0.227. The molecule has 1 heterocycles. The molecule has 0 aliphatic carbocycles. The van der Waals surface area contributed by atoms with Crippen molar-refractivity contribution < 1.29 is 19.1 Å². The third-order valence-electron chi connectivity index (χ3n) is 3.28. The number of hydrogen-bond donors (Lipinski definition) is 0. The number of benzene rings is 2. The molecule has 1 aliphatic heterocycles. The Balaban J connectivity index is 1.90. The van der Waals surface area contributed by atoms with Crippen LogP contribution in [0.1, 0.15) is 31.1 Å². The summed E-state index contributed by atoms with van der Waals surface area (Å²) in [6.07, 6.45) is 0. The molecule has 0 saturated carbocycles. The van der Waals surface area contributed by atoms with Gasteiger partial charge in [-0.2, -0.15) is 0 Å². The summed E-state index contributed by atoms with van der Waals surface area (Å²) >= 11 is 0. The molecule has 5 heteroatoms. The predicted octanol–water partition coefficient (Wildman–Crippen LogP) is 2.13. The highest BCUT2D eigenvalue weighted by Crippen LogP contribution is 2.23. The molecule has 0 saturated heterocycles. The average Bonchev–Trinajstić information content (AvgIpc) is 2.73. The number of para-hydroxylation sites is 1. The predicted molar refractivity (Wildman–Crippen MR) is 74.3 cm³/mol. The van der Waals surface area contributed by atoms with Crippen molar-refractivity contribution in [3.8, 4) is 5.75 Å². The molecule has 3 rings (SSSR count). The first-order valence-electron chi connectivity index (χ1n) is 6.31. The number of hydrogen-bond acceptors (Lipinski definition) is 4. The zero-order valence-electron chi connectivity index (χ0n) is 11.2. The van der Waals surface area contributed by atoms with Crippen molar-refractivity contribution in [2.45, 2.75) is 0 Å². The number of fused-ring (bicyclic) bond motifs is 1. The molecule has 0 fully saturated rings. The topological polar surface area (TPSA) is 63.7 Å². The molecule has 0 aromatic heterocycles. The van der Waals surface area contributed by atoms with Crippen molar-refractivity contribution in [1.82, 2.24) is 4.90 Å². The number of ether oxygens (including phenoxy) is 1. The van der Waals surface area contributed by atoms with Crippen LogP contribution in [-0.4, -0.2) is 29.7 Å². The fourth-order valence-corrected chi connectivity index (χ4v) is 2.14. The minimum Gasteiger partial charge on any atom is -0.423 e. The van der Waals surface area contributed by atoms with Crippen LogP contribution in [0.3, 0.4) is 0 Å². The van der Waals surface area contributed by atoms with Crippen molar-refractivity contribution in [3.05, 3.63) is 65.2 Å². The van der Waals surface area contributed by atoms with E-state index in [0.29, 0.717) is 11.3 Å². The number of esters is 1. The van der Waals surface area contributed by atoms with Crippen LogP contribution in [0.2, 0.25) is 0 Å². The van der Waals surface area contributed by atoms with Gasteiger partial charge in [-0.1, -0.05) is 18.2 Å². The average molecular weight is 281 g/mol. The fourth-order valence-electron chi connectivity index (χ4n) is 2.14. The molecule has 1 aliphatic rings. The Morgan fingerprint density at radius 1 is 0.952 bits per heavy atom. The third kappa shape index (κ3) is 2.18. The summed E-state index contributed by atoms with van der Waals surface area (Å²) in [5, 5.41) is 0. The maximum atomic E-state index is 12.1. The van der Waals surface area contributed by atoms with E-state index < -0.39 is 11.9 Å². The largest absolute Gasteiger partial charge is 0.423 e. The van der Waals surface area contributed by atoms with E-state index in [1.807, 2.05) is 6.07 Å². The molecule has 0 atom stereocenters. The standard InChI is InChI=1S/C16H11NO4/c1-17-14(18)12-8-7-10(9-13(12)15(17)19)16(20)21-11-5-3-2-4-6-11/h2-9H,1H3. The SMILES string of the molecule is CN1C(=O)c2ccc(C(=O)Oc3ccccc3)cc2C1=O. The van der Waals surface area contributed by atoms with Crippen LogP contribution < -0.4 is 4.74 Å². The molecule has 0 radical (unpaired) electrons. The van der Waals surface area contributed by atoms with Gasteiger partial charge < -0.3 is 4.74 Å². The fraction of sp³-hybridized carbons (Fsp3) is 0.0625. The summed E-state index contributed by atoms with van der Waals surface area (Å²) in [6.45, 7) is 0. The second-order valence-electron chi connectivity index (χ2n) is 4.63. The van der Waals surface area contributed by atoms with Gasteiger partial charge in [0.25, 0.3) is 11.8 Å². The third-order valence-corrected chi connectivity index (χ3v) is 3.28. The van der Waals surface area contributed by atoms with E-state index in [9.17, 15) is 14.4 Å². The van der Waals surface area contributed by atoms with Crippen molar-refractivity contribution in [1.29, 1.82) is 0 Å². The van der Waals surface area contributed by atoms with E-state index >= 15 is 0 Å². The van der Waals surface area contributed by atoms with Crippen LogP contribution in [0.5, 0.6) is 5.75 Å². The zero-order chi connectivity index (χ0) is 15.0. The lowest BCUT2D eigenvalue weighted by atomic mass is 10.1. The van der Waals surface area contributed by atoms with Gasteiger partial charge in [-0.05, 0) is 30.3 Å². The Hall–Kier alpha value is -2.95. The van der Waals surface area contributed by atoms with Crippen molar-refractivity contribution in [2.24, 2.45) is 0 Å². The number of imide groups is 1. The normalized spacial score (nSPS) is 13.3. The van der Waals surface area contributed by atoms with Crippen LogP contribution in [0.4, 0.5) is 0 Å². The van der Waals surface area contributed by atoms with Gasteiger partial charge in [0.15, 0.2) is 0 Å². The first-order chi connectivity index (χ1) is 10.1. The first kappa shape index (κ1) is 13.1. The quantitative estimate of drug-likeness (QED) is 0.480. The van der Waals surface area contributed by atoms with Crippen LogP contribution in [-0.2, 0) is 0 Å². The number of amides is 2. The van der Waals surface area contributed by atoms with Gasteiger partial charge in [0.05, 0.1) is 16.7 Å². The van der Waals surface area contributed by atoms with Crippen molar-refractivity contribution in [3.63, 3.8) is 0 Å². The van der Waals surface area contributed by atoms with Gasteiger partial charge >= 0.3 is 5.97 Å². The highest BCUT2D eigenvalue weighted by molar-refractivity contribution is 6.21. The number of carbonyl (C=O) groups is 3. The van der Waals surface area contributed by atoms with Gasteiger partial charge in [0.1, 0.15) is 5.75 Å².